The summed E-state index contributed by atoms with van der Waals surface area (Å²) in [5.74, 6) is 0. The van der Waals surface area contributed by atoms with E-state index < -0.39 is 0 Å². The first-order valence-corrected chi connectivity index (χ1v) is 6.85. The molecule has 0 fully saturated rings. The Morgan fingerprint density at radius 3 is 2.68 bits per heavy atom. The predicted molar refractivity (Wildman–Crippen MR) is 84.4 cm³/mol. The zero-order valence-corrected chi connectivity index (χ0v) is 12.3. The second kappa shape index (κ2) is 5.88. The molecule has 0 spiro atoms. The Hall–Kier alpha value is -1.13. The van der Waals surface area contributed by atoms with Gasteiger partial charge in [0.2, 0.25) is 0 Å². The number of halogens is 2. The first-order valence-electron chi connectivity index (χ1n) is 5.60. The lowest BCUT2D eigenvalue weighted by Gasteiger charge is -2.12. The molecule has 5 heteroatoms. The molecule has 0 aliphatic carbocycles. The fraction of sp³-hybridized carbons (Fsp3) is 0.0714. The summed E-state index contributed by atoms with van der Waals surface area (Å²) < 4.78 is 0. The van der Waals surface area contributed by atoms with Crippen LogP contribution in [-0.4, -0.2) is 4.98 Å². The zero-order chi connectivity index (χ0) is 12.5. The highest BCUT2D eigenvalue weighted by atomic mass is 35.5. The highest BCUT2D eigenvalue weighted by Gasteiger charge is 2.15. The normalized spacial score (nSPS) is 12.1. The third-order valence-electron chi connectivity index (χ3n) is 2.89. The van der Waals surface area contributed by atoms with E-state index in [1.165, 1.54) is 0 Å². The minimum absolute atomic E-state index is 0. The number of nitrogens with zero attached hydrogens (tertiary/aromatic N) is 1. The zero-order valence-electron chi connectivity index (χ0n) is 9.92. The van der Waals surface area contributed by atoms with Gasteiger partial charge in [-0.15, -0.1) is 23.7 Å². The second-order valence-corrected chi connectivity index (χ2v) is 5.39. The Morgan fingerprint density at radius 1 is 1.16 bits per heavy atom. The molecule has 1 atom stereocenters. The molecule has 19 heavy (non-hydrogen) atoms. The number of nitrogens with two attached hydrogens (primary N) is 1. The molecule has 0 aliphatic rings. The van der Waals surface area contributed by atoms with Crippen LogP contribution >= 0.6 is 35.3 Å². The van der Waals surface area contributed by atoms with E-state index in [-0.39, 0.29) is 18.4 Å². The molecule has 2 N–H and O–H groups in total. The third-order valence-corrected chi connectivity index (χ3v) is 4.15. The number of hydrogen-bond acceptors (Lipinski definition) is 3. The summed E-state index contributed by atoms with van der Waals surface area (Å²) in [5, 5.41) is 3.55. The second-order valence-electron chi connectivity index (χ2n) is 4.05. The molecule has 0 radical (unpaired) electrons. The number of para-hydroxylation sites is 1. The molecule has 0 bridgehead atoms. The number of fused-ring (bicyclic) bond motifs is 1. The molecule has 0 aliphatic heterocycles. The standard InChI is InChI=1S/C14H11ClN2S.ClH/c15-14-10(13(16)12-6-3-7-18-12)8-9-4-1-2-5-11(9)17-14;/h1-8,13H,16H2;1H/t13-;/m0./s1. The highest BCUT2D eigenvalue weighted by molar-refractivity contribution is 7.10. The molecule has 2 nitrogen and oxygen atoms in total. The summed E-state index contributed by atoms with van der Waals surface area (Å²) in [7, 11) is 0. The van der Waals surface area contributed by atoms with Crippen LogP contribution in [0.1, 0.15) is 16.5 Å². The van der Waals surface area contributed by atoms with Crippen molar-refractivity contribution in [2.24, 2.45) is 5.73 Å². The van der Waals surface area contributed by atoms with E-state index in [9.17, 15) is 0 Å². The third kappa shape index (κ3) is 2.74. The van der Waals surface area contributed by atoms with Crippen LogP contribution in [0.2, 0.25) is 5.15 Å². The van der Waals surface area contributed by atoms with Gasteiger partial charge in [-0.05, 0) is 23.6 Å². The molecule has 2 aromatic heterocycles. The molecule has 0 saturated carbocycles. The summed E-state index contributed by atoms with van der Waals surface area (Å²) >= 11 is 7.86. The van der Waals surface area contributed by atoms with Gasteiger partial charge in [-0.1, -0.05) is 35.9 Å². The van der Waals surface area contributed by atoms with Gasteiger partial charge in [-0.25, -0.2) is 4.98 Å². The molecule has 98 valence electrons. The van der Waals surface area contributed by atoms with Gasteiger partial charge in [0.1, 0.15) is 5.15 Å². The van der Waals surface area contributed by atoms with E-state index >= 15 is 0 Å². The molecular formula is C14H12Cl2N2S. The van der Waals surface area contributed by atoms with Crippen molar-refractivity contribution in [2.75, 3.05) is 0 Å². The van der Waals surface area contributed by atoms with Gasteiger partial charge < -0.3 is 5.73 Å². The summed E-state index contributed by atoms with van der Waals surface area (Å²) in [6.07, 6.45) is 0. The Morgan fingerprint density at radius 2 is 1.95 bits per heavy atom. The highest BCUT2D eigenvalue weighted by Crippen LogP contribution is 2.30. The number of benzene rings is 1. The van der Waals surface area contributed by atoms with Crippen molar-refractivity contribution in [3.05, 3.63) is 63.4 Å². The predicted octanol–water partition coefficient (Wildman–Crippen LogP) is 4.42. The first-order chi connectivity index (χ1) is 8.75. The van der Waals surface area contributed by atoms with Crippen molar-refractivity contribution in [3.63, 3.8) is 0 Å². The van der Waals surface area contributed by atoms with Gasteiger partial charge >= 0.3 is 0 Å². The van der Waals surface area contributed by atoms with Gasteiger partial charge in [-0.3, -0.25) is 0 Å². The van der Waals surface area contributed by atoms with Crippen LogP contribution in [0.3, 0.4) is 0 Å². The fourth-order valence-electron chi connectivity index (χ4n) is 1.95. The van der Waals surface area contributed by atoms with Gasteiger partial charge in [0, 0.05) is 15.8 Å². The summed E-state index contributed by atoms with van der Waals surface area (Å²) in [5.41, 5.74) is 8.00. The smallest absolute Gasteiger partial charge is 0.134 e. The van der Waals surface area contributed by atoms with E-state index in [0.717, 1.165) is 21.3 Å². The van der Waals surface area contributed by atoms with Crippen LogP contribution in [0.25, 0.3) is 10.9 Å². The van der Waals surface area contributed by atoms with E-state index in [4.69, 9.17) is 17.3 Å². The van der Waals surface area contributed by atoms with E-state index in [1.54, 1.807) is 11.3 Å². The average molecular weight is 311 g/mol. The van der Waals surface area contributed by atoms with Gasteiger partial charge in [0.05, 0.1) is 11.6 Å². The van der Waals surface area contributed by atoms with E-state index in [2.05, 4.69) is 4.98 Å². The number of pyridine rings is 1. The monoisotopic (exact) mass is 310 g/mol. The van der Waals surface area contributed by atoms with Crippen LogP contribution in [-0.2, 0) is 0 Å². The van der Waals surface area contributed by atoms with Gasteiger partial charge in [-0.2, -0.15) is 0 Å². The van der Waals surface area contributed by atoms with Crippen molar-refractivity contribution >= 4 is 46.2 Å². The molecule has 3 rings (SSSR count). The van der Waals surface area contributed by atoms with Crippen molar-refractivity contribution in [1.29, 1.82) is 0 Å². The Balaban J connectivity index is 0.00000133. The summed E-state index contributed by atoms with van der Waals surface area (Å²) in [4.78, 5) is 5.49. The lowest BCUT2D eigenvalue weighted by atomic mass is 10.1. The Bertz CT molecular complexity index is 683. The summed E-state index contributed by atoms with van der Waals surface area (Å²) in [6.45, 7) is 0. The topological polar surface area (TPSA) is 38.9 Å². The lowest BCUT2D eigenvalue weighted by molar-refractivity contribution is 0.889. The fourth-order valence-corrected chi connectivity index (χ4v) is 2.96. The molecule has 1 aromatic carbocycles. The number of thiophene rings is 1. The van der Waals surface area contributed by atoms with Crippen LogP contribution in [0.4, 0.5) is 0 Å². The number of rotatable bonds is 2. The van der Waals surface area contributed by atoms with Crippen LogP contribution in [0.5, 0.6) is 0 Å². The van der Waals surface area contributed by atoms with E-state index in [0.29, 0.717) is 5.15 Å². The maximum absolute atomic E-state index is 6.24. The van der Waals surface area contributed by atoms with Crippen LogP contribution in [0.15, 0.2) is 47.8 Å². The molecular weight excluding hydrogens is 299 g/mol. The van der Waals surface area contributed by atoms with Crippen molar-refractivity contribution in [1.82, 2.24) is 4.98 Å². The number of aromatic nitrogens is 1. The molecule has 3 aromatic rings. The van der Waals surface area contributed by atoms with Gasteiger partial charge in [0.15, 0.2) is 0 Å². The van der Waals surface area contributed by atoms with Crippen molar-refractivity contribution < 1.29 is 0 Å². The van der Waals surface area contributed by atoms with E-state index in [1.807, 2.05) is 47.8 Å². The Kier molecular flexibility index (Phi) is 4.42. The molecule has 2 heterocycles. The van der Waals surface area contributed by atoms with Crippen LogP contribution < -0.4 is 5.73 Å². The Labute approximate surface area is 126 Å². The SMILES string of the molecule is Cl.N[C@H](c1cccs1)c1cc2ccccc2nc1Cl. The largest absolute Gasteiger partial charge is 0.320 e. The minimum atomic E-state index is -0.213. The quantitative estimate of drug-likeness (QED) is 0.712. The summed E-state index contributed by atoms with van der Waals surface area (Å²) in [6, 6.07) is 13.7. The van der Waals surface area contributed by atoms with Crippen molar-refractivity contribution in [2.45, 2.75) is 6.04 Å². The molecule has 0 unspecified atom stereocenters. The van der Waals surface area contributed by atoms with Crippen LogP contribution in [0, 0.1) is 0 Å². The number of hydrogen-bond donors (Lipinski definition) is 1. The average Bonchev–Trinajstić information content (AvgIpc) is 2.91. The molecule has 0 amide bonds. The van der Waals surface area contributed by atoms with Gasteiger partial charge in [0.25, 0.3) is 0 Å². The first kappa shape index (κ1) is 14.3. The molecule has 0 saturated heterocycles. The maximum Gasteiger partial charge on any atom is 0.134 e. The lowest BCUT2D eigenvalue weighted by Crippen LogP contribution is -2.11. The maximum atomic E-state index is 6.24. The van der Waals surface area contributed by atoms with Crippen molar-refractivity contribution in [3.8, 4) is 0 Å². The minimum Gasteiger partial charge on any atom is -0.320 e.